The Morgan fingerprint density at radius 2 is 1.96 bits per heavy atom. The van der Waals surface area contributed by atoms with Crippen LogP contribution in [0.4, 0.5) is 4.39 Å². The molecule has 140 valence electrons. The van der Waals surface area contributed by atoms with Crippen LogP contribution in [0.5, 0.6) is 5.75 Å². The molecule has 1 heterocycles. The summed E-state index contributed by atoms with van der Waals surface area (Å²) >= 11 is 1.09. The predicted molar refractivity (Wildman–Crippen MR) is 93.0 cm³/mol. The third kappa shape index (κ3) is 4.98. The Bertz CT molecular complexity index is 829. The molecule has 1 N–H and O–H groups in total. The zero-order valence-corrected chi connectivity index (χ0v) is 15.6. The SMILES string of the molecule is COc1cc(F)c(-c2nnc(CCC(=O)OC(C)(C)C)s2)cc1C(=O)O. The van der Waals surface area contributed by atoms with Gasteiger partial charge in [-0.05, 0) is 26.8 Å². The number of aryl methyl sites for hydroxylation is 1. The molecule has 0 aliphatic heterocycles. The van der Waals surface area contributed by atoms with E-state index in [9.17, 15) is 19.1 Å². The molecule has 0 radical (unpaired) electrons. The van der Waals surface area contributed by atoms with Crippen molar-refractivity contribution in [2.45, 2.75) is 39.2 Å². The molecular formula is C17H19FN2O5S. The molecule has 0 bridgehead atoms. The minimum absolute atomic E-state index is 0.0178. The van der Waals surface area contributed by atoms with Crippen molar-refractivity contribution in [3.63, 3.8) is 0 Å². The first-order valence-electron chi connectivity index (χ1n) is 7.76. The van der Waals surface area contributed by atoms with Crippen LogP contribution in [0.1, 0.15) is 42.6 Å². The highest BCUT2D eigenvalue weighted by Crippen LogP contribution is 2.32. The van der Waals surface area contributed by atoms with E-state index in [4.69, 9.17) is 9.47 Å². The van der Waals surface area contributed by atoms with Gasteiger partial charge >= 0.3 is 11.9 Å². The zero-order valence-electron chi connectivity index (χ0n) is 14.8. The Morgan fingerprint density at radius 3 is 2.54 bits per heavy atom. The maximum absolute atomic E-state index is 14.3. The van der Waals surface area contributed by atoms with Gasteiger partial charge in [0.25, 0.3) is 0 Å². The topological polar surface area (TPSA) is 98.6 Å². The number of nitrogens with zero attached hydrogens (tertiary/aromatic N) is 2. The molecule has 1 aromatic carbocycles. The van der Waals surface area contributed by atoms with Crippen molar-refractivity contribution >= 4 is 23.3 Å². The Balaban J connectivity index is 2.18. The molecule has 2 aromatic rings. The first kappa shape index (κ1) is 19.8. The zero-order chi connectivity index (χ0) is 19.5. The van der Waals surface area contributed by atoms with E-state index in [1.807, 2.05) is 0 Å². The van der Waals surface area contributed by atoms with E-state index < -0.39 is 17.4 Å². The van der Waals surface area contributed by atoms with E-state index in [1.54, 1.807) is 20.8 Å². The van der Waals surface area contributed by atoms with Crippen LogP contribution in [0.2, 0.25) is 0 Å². The average molecular weight is 382 g/mol. The van der Waals surface area contributed by atoms with Gasteiger partial charge in [0.2, 0.25) is 0 Å². The first-order valence-corrected chi connectivity index (χ1v) is 8.58. The number of rotatable bonds is 6. The normalized spacial score (nSPS) is 11.3. The molecule has 0 unspecified atom stereocenters. The van der Waals surface area contributed by atoms with E-state index in [-0.39, 0.29) is 34.3 Å². The van der Waals surface area contributed by atoms with Crippen LogP contribution in [-0.4, -0.2) is 40.0 Å². The smallest absolute Gasteiger partial charge is 0.339 e. The van der Waals surface area contributed by atoms with Crippen molar-refractivity contribution < 1.29 is 28.6 Å². The highest BCUT2D eigenvalue weighted by Gasteiger charge is 2.20. The molecule has 0 aliphatic carbocycles. The summed E-state index contributed by atoms with van der Waals surface area (Å²) in [4.78, 5) is 23.0. The summed E-state index contributed by atoms with van der Waals surface area (Å²) in [6, 6.07) is 2.16. The predicted octanol–water partition coefficient (Wildman–Crippen LogP) is 3.33. The number of aromatic nitrogens is 2. The summed E-state index contributed by atoms with van der Waals surface area (Å²) in [7, 11) is 1.26. The number of esters is 1. The summed E-state index contributed by atoms with van der Waals surface area (Å²) < 4.78 is 24.4. The van der Waals surface area contributed by atoms with Gasteiger partial charge in [0.1, 0.15) is 27.7 Å². The lowest BCUT2D eigenvalue weighted by Gasteiger charge is -2.19. The molecule has 0 saturated heterocycles. The molecule has 0 aliphatic rings. The lowest BCUT2D eigenvalue weighted by molar-refractivity contribution is -0.154. The van der Waals surface area contributed by atoms with Gasteiger partial charge in [0.15, 0.2) is 5.01 Å². The van der Waals surface area contributed by atoms with Gasteiger partial charge in [-0.25, -0.2) is 9.18 Å². The number of methoxy groups -OCH3 is 1. The molecule has 0 fully saturated rings. The molecule has 1 aromatic heterocycles. The number of carboxylic acid groups (broad SMARTS) is 1. The van der Waals surface area contributed by atoms with Gasteiger partial charge in [0.05, 0.1) is 13.5 Å². The monoisotopic (exact) mass is 382 g/mol. The lowest BCUT2D eigenvalue weighted by Crippen LogP contribution is -2.23. The van der Waals surface area contributed by atoms with Crippen LogP contribution < -0.4 is 4.74 Å². The first-order chi connectivity index (χ1) is 12.1. The molecule has 0 saturated carbocycles. The lowest BCUT2D eigenvalue weighted by atomic mass is 10.1. The van der Waals surface area contributed by atoms with E-state index >= 15 is 0 Å². The fraction of sp³-hybridized carbons (Fsp3) is 0.412. The van der Waals surface area contributed by atoms with Crippen molar-refractivity contribution in [2.24, 2.45) is 0 Å². The van der Waals surface area contributed by atoms with Crippen molar-refractivity contribution in [3.05, 3.63) is 28.5 Å². The van der Waals surface area contributed by atoms with Crippen molar-refractivity contribution in [3.8, 4) is 16.3 Å². The Kier molecular flexibility index (Phi) is 5.91. The minimum atomic E-state index is -1.24. The fourth-order valence-corrected chi connectivity index (χ4v) is 2.98. The van der Waals surface area contributed by atoms with Gasteiger partial charge in [-0.2, -0.15) is 0 Å². The van der Waals surface area contributed by atoms with Crippen LogP contribution in [0.25, 0.3) is 10.6 Å². The van der Waals surface area contributed by atoms with Crippen LogP contribution in [0.3, 0.4) is 0 Å². The van der Waals surface area contributed by atoms with Gasteiger partial charge in [-0.3, -0.25) is 4.79 Å². The molecule has 0 atom stereocenters. The van der Waals surface area contributed by atoms with Crippen LogP contribution >= 0.6 is 11.3 Å². The number of carboxylic acids is 1. The number of carbonyl (C=O) groups is 2. The molecular weight excluding hydrogens is 363 g/mol. The largest absolute Gasteiger partial charge is 0.496 e. The number of ether oxygens (including phenoxy) is 2. The summed E-state index contributed by atoms with van der Waals surface area (Å²) in [6.07, 6.45) is 0.424. The second-order valence-corrected chi connectivity index (χ2v) is 7.49. The van der Waals surface area contributed by atoms with E-state index in [0.717, 1.165) is 23.5 Å². The fourth-order valence-electron chi connectivity index (χ4n) is 2.12. The number of hydrogen-bond acceptors (Lipinski definition) is 7. The molecule has 7 nitrogen and oxygen atoms in total. The number of aromatic carboxylic acids is 1. The molecule has 0 spiro atoms. The average Bonchev–Trinajstić information content (AvgIpc) is 2.99. The summed E-state index contributed by atoms with van der Waals surface area (Å²) in [5.41, 5.74) is -0.721. The van der Waals surface area contributed by atoms with E-state index in [0.29, 0.717) is 11.4 Å². The van der Waals surface area contributed by atoms with Gasteiger partial charge < -0.3 is 14.6 Å². The molecule has 0 amide bonds. The Hall–Kier alpha value is -2.55. The number of hydrogen-bond donors (Lipinski definition) is 1. The minimum Gasteiger partial charge on any atom is -0.496 e. The number of benzene rings is 1. The summed E-state index contributed by atoms with van der Waals surface area (Å²) in [5.74, 6) is -2.34. The molecule has 9 heteroatoms. The van der Waals surface area contributed by atoms with Crippen LogP contribution in [0.15, 0.2) is 12.1 Å². The van der Waals surface area contributed by atoms with E-state index in [2.05, 4.69) is 10.2 Å². The van der Waals surface area contributed by atoms with Crippen LogP contribution in [-0.2, 0) is 16.0 Å². The van der Waals surface area contributed by atoms with Crippen molar-refractivity contribution in [2.75, 3.05) is 7.11 Å². The summed E-state index contributed by atoms with van der Waals surface area (Å²) in [5, 5.41) is 17.8. The molecule has 2 rings (SSSR count). The molecule has 26 heavy (non-hydrogen) atoms. The highest BCUT2D eigenvalue weighted by atomic mass is 32.1. The van der Waals surface area contributed by atoms with Crippen molar-refractivity contribution in [1.82, 2.24) is 10.2 Å². The highest BCUT2D eigenvalue weighted by molar-refractivity contribution is 7.14. The quantitative estimate of drug-likeness (QED) is 0.765. The van der Waals surface area contributed by atoms with Crippen LogP contribution in [0, 0.1) is 5.82 Å². The van der Waals surface area contributed by atoms with Gasteiger partial charge in [-0.15, -0.1) is 10.2 Å². The Morgan fingerprint density at radius 1 is 1.27 bits per heavy atom. The maximum atomic E-state index is 14.3. The summed E-state index contributed by atoms with van der Waals surface area (Å²) in [6.45, 7) is 5.33. The number of carbonyl (C=O) groups excluding carboxylic acids is 1. The number of halogens is 1. The second kappa shape index (κ2) is 7.77. The Labute approximate surface area is 153 Å². The maximum Gasteiger partial charge on any atom is 0.339 e. The standard InChI is InChI=1S/C17H19FN2O5S/c1-17(2,3)25-14(21)6-5-13-19-20-15(26-13)9-7-10(16(22)23)12(24-4)8-11(9)18/h7-8H,5-6H2,1-4H3,(H,22,23). The third-order valence-electron chi connectivity index (χ3n) is 3.18. The van der Waals surface area contributed by atoms with E-state index in [1.165, 1.54) is 7.11 Å². The van der Waals surface area contributed by atoms with Gasteiger partial charge in [0, 0.05) is 18.1 Å². The second-order valence-electron chi connectivity index (χ2n) is 6.42. The van der Waals surface area contributed by atoms with Gasteiger partial charge in [-0.1, -0.05) is 11.3 Å². The van der Waals surface area contributed by atoms with Crippen molar-refractivity contribution in [1.29, 1.82) is 0 Å². The third-order valence-corrected chi connectivity index (χ3v) is 4.20.